The van der Waals surface area contributed by atoms with E-state index in [0.29, 0.717) is 0 Å². The smallest absolute Gasteiger partial charge is 0.0727 e. The van der Waals surface area contributed by atoms with Crippen molar-refractivity contribution < 1.29 is 0 Å². The number of nitrogens with zero attached hydrogens (tertiary/aromatic N) is 1. The molecule has 0 fully saturated rings. The molecule has 1 aromatic heterocycles. The van der Waals surface area contributed by atoms with Crippen LogP contribution in [0.1, 0.15) is 16.8 Å². The Kier molecular flexibility index (Phi) is 3.26. The summed E-state index contributed by atoms with van der Waals surface area (Å²) in [6.07, 6.45) is 0. The van der Waals surface area contributed by atoms with Gasteiger partial charge in [-0.2, -0.15) is 0 Å². The van der Waals surface area contributed by atoms with Crippen LogP contribution in [0.2, 0.25) is 0 Å². The second kappa shape index (κ2) is 5.09. The van der Waals surface area contributed by atoms with Gasteiger partial charge in [0.25, 0.3) is 0 Å². The summed E-state index contributed by atoms with van der Waals surface area (Å²) >= 11 is 0. The second-order valence-electron chi connectivity index (χ2n) is 5.53. The lowest BCUT2D eigenvalue weighted by molar-refractivity contribution is 1.25. The van der Waals surface area contributed by atoms with Crippen molar-refractivity contribution >= 4 is 28.0 Å². The topological polar surface area (TPSA) is 50.9 Å². The number of hydrogen-bond acceptors (Lipinski definition) is 3. The highest BCUT2D eigenvalue weighted by molar-refractivity contribution is 5.95. The number of rotatable bonds is 2. The molecule has 3 heteroatoms. The molecule has 0 aliphatic carbocycles. The quantitative estimate of drug-likeness (QED) is 0.679. The minimum atomic E-state index is 0.747. The van der Waals surface area contributed by atoms with Gasteiger partial charge in [-0.3, -0.25) is 4.98 Å². The fourth-order valence-electron chi connectivity index (χ4n) is 2.58. The lowest BCUT2D eigenvalue weighted by atomic mass is 10.1. The van der Waals surface area contributed by atoms with Crippen molar-refractivity contribution in [2.45, 2.75) is 20.8 Å². The normalized spacial score (nSPS) is 10.8. The summed E-state index contributed by atoms with van der Waals surface area (Å²) in [5.41, 5.74) is 13.2. The molecule has 0 aliphatic heterocycles. The minimum absolute atomic E-state index is 0.747. The molecule has 0 unspecified atom stereocenters. The number of nitrogens with one attached hydrogen (secondary N) is 1. The summed E-state index contributed by atoms with van der Waals surface area (Å²) in [5, 5.41) is 4.56. The summed E-state index contributed by atoms with van der Waals surface area (Å²) < 4.78 is 0. The summed E-state index contributed by atoms with van der Waals surface area (Å²) in [4.78, 5) is 4.56. The van der Waals surface area contributed by atoms with Gasteiger partial charge in [-0.15, -0.1) is 0 Å². The summed E-state index contributed by atoms with van der Waals surface area (Å²) in [7, 11) is 0. The molecule has 0 saturated heterocycles. The van der Waals surface area contributed by atoms with Crippen LogP contribution < -0.4 is 11.1 Å². The van der Waals surface area contributed by atoms with E-state index >= 15 is 0 Å². The molecule has 3 N–H and O–H groups in total. The fourth-order valence-corrected chi connectivity index (χ4v) is 2.58. The zero-order valence-corrected chi connectivity index (χ0v) is 12.6. The summed E-state index contributed by atoms with van der Waals surface area (Å²) in [6.45, 7) is 6.21. The minimum Gasteiger partial charge on any atom is -0.399 e. The van der Waals surface area contributed by atoms with E-state index in [9.17, 15) is 0 Å². The average molecular weight is 277 g/mol. The molecule has 0 spiro atoms. The molecule has 0 bridgehead atoms. The van der Waals surface area contributed by atoms with Gasteiger partial charge in [0.2, 0.25) is 0 Å². The third-order valence-corrected chi connectivity index (χ3v) is 3.61. The first-order valence-corrected chi connectivity index (χ1v) is 7.04. The number of aryl methyl sites for hydroxylation is 3. The van der Waals surface area contributed by atoms with Crippen LogP contribution in [-0.2, 0) is 0 Å². The van der Waals surface area contributed by atoms with Crippen molar-refractivity contribution in [1.82, 2.24) is 4.98 Å². The number of hydrogen-bond donors (Lipinski definition) is 2. The first-order valence-electron chi connectivity index (χ1n) is 7.04. The summed E-state index contributed by atoms with van der Waals surface area (Å²) in [6, 6.07) is 14.3. The highest BCUT2D eigenvalue weighted by Crippen LogP contribution is 2.29. The predicted molar refractivity (Wildman–Crippen MR) is 90.1 cm³/mol. The van der Waals surface area contributed by atoms with E-state index in [0.717, 1.165) is 33.7 Å². The number of aromatic nitrogens is 1. The van der Waals surface area contributed by atoms with E-state index < -0.39 is 0 Å². The average Bonchev–Trinajstić information content (AvgIpc) is 2.42. The SMILES string of the molecule is Cc1ccc(Nc2cc(C)nc3ccc(N)cc23)c(C)c1. The van der Waals surface area contributed by atoms with Crippen molar-refractivity contribution in [3.8, 4) is 0 Å². The van der Waals surface area contributed by atoms with Gasteiger partial charge in [0, 0.05) is 28.1 Å². The number of fused-ring (bicyclic) bond motifs is 1. The monoisotopic (exact) mass is 277 g/mol. The highest BCUT2D eigenvalue weighted by Gasteiger charge is 2.06. The van der Waals surface area contributed by atoms with Crippen LogP contribution in [0.5, 0.6) is 0 Å². The molecule has 0 aliphatic rings. The van der Waals surface area contributed by atoms with Crippen LogP contribution >= 0.6 is 0 Å². The van der Waals surface area contributed by atoms with E-state index in [1.165, 1.54) is 11.1 Å². The Balaban J connectivity index is 2.13. The van der Waals surface area contributed by atoms with Gasteiger partial charge >= 0.3 is 0 Å². The molecule has 3 nitrogen and oxygen atoms in total. The molecule has 2 aromatic carbocycles. The molecule has 21 heavy (non-hydrogen) atoms. The Morgan fingerprint density at radius 1 is 0.905 bits per heavy atom. The standard InChI is InChI=1S/C18H19N3/c1-11-4-6-16(12(2)8-11)21-18-9-13(3)20-17-7-5-14(19)10-15(17)18/h4-10H,19H2,1-3H3,(H,20,21). The van der Waals surface area contributed by atoms with Gasteiger partial charge in [0.15, 0.2) is 0 Å². The van der Waals surface area contributed by atoms with Gasteiger partial charge in [0.05, 0.1) is 5.52 Å². The van der Waals surface area contributed by atoms with Crippen LogP contribution in [0.4, 0.5) is 17.1 Å². The Morgan fingerprint density at radius 2 is 1.71 bits per heavy atom. The molecule has 0 saturated carbocycles. The maximum Gasteiger partial charge on any atom is 0.0727 e. The Hall–Kier alpha value is -2.55. The van der Waals surface area contributed by atoms with Crippen molar-refractivity contribution in [2.24, 2.45) is 0 Å². The zero-order chi connectivity index (χ0) is 15.0. The molecule has 3 aromatic rings. The molecule has 1 heterocycles. The maximum atomic E-state index is 5.92. The molecule has 106 valence electrons. The zero-order valence-electron chi connectivity index (χ0n) is 12.6. The molecule has 0 atom stereocenters. The molecule has 0 radical (unpaired) electrons. The van der Waals surface area contributed by atoms with Crippen molar-refractivity contribution in [1.29, 1.82) is 0 Å². The van der Waals surface area contributed by atoms with Gasteiger partial charge in [0.1, 0.15) is 0 Å². The van der Waals surface area contributed by atoms with Crippen molar-refractivity contribution in [2.75, 3.05) is 11.1 Å². The molecule has 0 amide bonds. The maximum absolute atomic E-state index is 5.92. The second-order valence-corrected chi connectivity index (χ2v) is 5.53. The van der Waals surface area contributed by atoms with Crippen LogP contribution in [0, 0.1) is 20.8 Å². The molecular weight excluding hydrogens is 258 g/mol. The predicted octanol–water partition coefficient (Wildman–Crippen LogP) is 4.49. The first kappa shape index (κ1) is 13.4. The van der Waals surface area contributed by atoms with Gasteiger partial charge in [-0.25, -0.2) is 0 Å². The number of benzene rings is 2. The van der Waals surface area contributed by atoms with E-state index in [1.54, 1.807) is 0 Å². The molecular formula is C18H19N3. The lowest BCUT2D eigenvalue weighted by Crippen LogP contribution is -1.97. The number of anilines is 3. The van der Waals surface area contributed by atoms with E-state index in [4.69, 9.17) is 5.73 Å². The number of nitrogen functional groups attached to an aromatic ring is 1. The van der Waals surface area contributed by atoms with Crippen LogP contribution in [0.3, 0.4) is 0 Å². The van der Waals surface area contributed by atoms with E-state index in [1.807, 2.05) is 25.1 Å². The Morgan fingerprint density at radius 3 is 2.48 bits per heavy atom. The van der Waals surface area contributed by atoms with Crippen molar-refractivity contribution in [3.05, 3.63) is 59.3 Å². The van der Waals surface area contributed by atoms with Crippen LogP contribution in [0.25, 0.3) is 10.9 Å². The Labute approximate surface area is 124 Å². The summed E-state index contributed by atoms with van der Waals surface area (Å²) in [5.74, 6) is 0. The fraction of sp³-hybridized carbons (Fsp3) is 0.167. The third-order valence-electron chi connectivity index (χ3n) is 3.61. The van der Waals surface area contributed by atoms with Gasteiger partial charge < -0.3 is 11.1 Å². The van der Waals surface area contributed by atoms with E-state index in [2.05, 4.69) is 48.4 Å². The Bertz CT molecular complexity index is 822. The van der Waals surface area contributed by atoms with Crippen molar-refractivity contribution in [3.63, 3.8) is 0 Å². The number of nitrogens with two attached hydrogens (primary N) is 1. The molecule has 3 rings (SSSR count). The first-order chi connectivity index (χ1) is 10.0. The van der Waals surface area contributed by atoms with Gasteiger partial charge in [-0.1, -0.05) is 17.7 Å². The van der Waals surface area contributed by atoms with Gasteiger partial charge in [-0.05, 0) is 56.7 Å². The van der Waals surface area contributed by atoms with E-state index in [-0.39, 0.29) is 0 Å². The van der Waals surface area contributed by atoms with Crippen LogP contribution in [-0.4, -0.2) is 4.98 Å². The van der Waals surface area contributed by atoms with Crippen LogP contribution in [0.15, 0.2) is 42.5 Å². The number of pyridine rings is 1. The largest absolute Gasteiger partial charge is 0.399 e. The third kappa shape index (κ3) is 2.68. The lowest BCUT2D eigenvalue weighted by Gasteiger charge is -2.13. The highest BCUT2D eigenvalue weighted by atomic mass is 14.9.